The van der Waals surface area contributed by atoms with Crippen molar-refractivity contribution in [3.63, 3.8) is 0 Å². The molecule has 0 radical (unpaired) electrons. The Hall–Kier alpha value is -1.47. The topological polar surface area (TPSA) is 69.7 Å². The highest BCUT2D eigenvalue weighted by Crippen LogP contribution is 2.24. The first kappa shape index (κ1) is 13.5. The monoisotopic (exact) mass is 292 g/mol. The molecule has 1 saturated heterocycles. The summed E-state index contributed by atoms with van der Waals surface area (Å²) in [5.74, 6) is 2.42. The quantitative estimate of drug-likeness (QED) is 0.878. The zero-order chi connectivity index (χ0) is 13.8. The summed E-state index contributed by atoms with van der Waals surface area (Å²) in [6.07, 6.45) is 4.23. The van der Waals surface area contributed by atoms with Crippen molar-refractivity contribution in [2.24, 2.45) is 5.92 Å². The molecule has 1 fully saturated rings. The number of nitrogens with one attached hydrogen (secondary N) is 2. The second kappa shape index (κ2) is 6.32. The van der Waals surface area contributed by atoms with Gasteiger partial charge in [0.25, 0.3) is 0 Å². The van der Waals surface area contributed by atoms with E-state index in [-0.39, 0.29) is 0 Å². The fourth-order valence-corrected chi connectivity index (χ4v) is 3.08. The van der Waals surface area contributed by atoms with Crippen LogP contribution in [0.1, 0.15) is 19.8 Å². The highest BCUT2D eigenvalue weighted by Gasteiger charge is 2.21. The lowest BCUT2D eigenvalue weighted by molar-refractivity contribution is 0.384. The van der Waals surface area contributed by atoms with Crippen LogP contribution < -0.4 is 10.2 Å². The van der Waals surface area contributed by atoms with Gasteiger partial charge >= 0.3 is 0 Å². The fraction of sp³-hybridized carbons (Fsp3) is 0.615. The smallest absolute Gasteiger partial charge is 0.245 e. The number of hydrogen-bond donors (Lipinski definition) is 2. The highest BCUT2D eigenvalue weighted by atomic mass is 32.1. The molecule has 0 bridgehead atoms. The largest absolute Gasteiger partial charge is 0.340 e. The Bertz CT molecular complexity index is 515. The van der Waals surface area contributed by atoms with Gasteiger partial charge in [-0.15, -0.1) is 16.4 Å². The van der Waals surface area contributed by atoms with Crippen LogP contribution in [0.15, 0.2) is 11.7 Å². The molecule has 2 aromatic rings. The molecule has 0 aromatic carbocycles. The first-order valence-corrected chi connectivity index (χ1v) is 8.01. The van der Waals surface area contributed by atoms with Crippen molar-refractivity contribution in [1.82, 2.24) is 25.5 Å². The molecule has 20 heavy (non-hydrogen) atoms. The van der Waals surface area contributed by atoms with Crippen molar-refractivity contribution in [2.45, 2.75) is 19.8 Å². The van der Waals surface area contributed by atoms with Crippen LogP contribution in [-0.2, 0) is 0 Å². The number of piperidine rings is 1. The molecule has 0 unspecified atom stereocenters. The molecule has 6 nitrogen and oxygen atoms in total. The summed E-state index contributed by atoms with van der Waals surface area (Å²) in [4.78, 5) is 11.9. The van der Waals surface area contributed by atoms with E-state index in [9.17, 15) is 0 Å². The van der Waals surface area contributed by atoms with Crippen LogP contribution in [0.25, 0.3) is 10.7 Å². The first-order valence-electron chi connectivity index (χ1n) is 7.13. The molecule has 1 aliphatic heterocycles. The van der Waals surface area contributed by atoms with E-state index in [0.29, 0.717) is 0 Å². The van der Waals surface area contributed by atoms with Crippen molar-refractivity contribution in [1.29, 1.82) is 0 Å². The number of nitrogens with zero attached hydrogens (tertiary/aromatic N) is 4. The standard InChI is InChI=1S/C13H20N6S/c1-2-14-7-10-3-5-19(6-4-10)13-16-12(17-18-13)11-8-15-9-20-11/h8-10,14H,2-7H2,1H3,(H,16,17,18). The summed E-state index contributed by atoms with van der Waals surface area (Å²) in [6, 6.07) is 0. The predicted molar refractivity (Wildman–Crippen MR) is 81.0 cm³/mol. The van der Waals surface area contributed by atoms with Gasteiger partial charge in [-0.05, 0) is 31.8 Å². The third-order valence-electron chi connectivity index (χ3n) is 3.72. The van der Waals surface area contributed by atoms with Crippen LogP contribution in [0, 0.1) is 5.92 Å². The number of aromatic amines is 1. The SMILES string of the molecule is CCNCC1CCN(c2n[nH]c(-c3cncs3)n2)CC1. The summed E-state index contributed by atoms with van der Waals surface area (Å²) < 4.78 is 0. The molecular formula is C13H20N6S. The second-order valence-electron chi connectivity index (χ2n) is 5.09. The number of anilines is 1. The highest BCUT2D eigenvalue weighted by molar-refractivity contribution is 7.13. The zero-order valence-electron chi connectivity index (χ0n) is 11.7. The molecule has 0 aliphatic carbocycles. The molecule has 7 heteroatoms. The van der Waals surface area contributed by atoms with Gasteiger partial charge in [0.1, 0.15) is 0 Å². The van der Waals surface area contributed by atoms with Gasteiger partial charge < -0.3 is 10.2 Å². The van der Waals surface area contributed by atoms with E-state index in [2.05, 4.69) is 37.3 Å². The molecule has 3 rings (SSSR count). The van der Waals surface area contributed by atoms with E-state index in [1.165, 1.54) is 12.8 Å². The molecule has 0 atom stereocenters. The summed E-state index contributed by atoms with van der Waals surface area (Å²) >= 11 is 1.57. The van der Waals surface area contributed by atoms with Crippen molar-refractivity contribution in [3.8, 4) is 10.7 Å². The summed E-state index contributed by atoms with van der Waals surface area (Å²) in [6.45, 7) is 6.42. The minimum absolute atomic E-state index is 0.783. The Morgan fingerprint density at radius 1 is 1.45 bits per heavy atom. The van der Waals surface area contributed by atoms with Crippen molar-refractivity contribution in [3.05, 3.63) is 11.7 Å². The molecule has 2 N–H and O–H groups in total. The Morgan fingerprint density at radius 2 is 2.30 bits per heavy atom. The van der Waals surface area contributed by atoms with E-state index in [0.717, 1.165) is 48.7 Å². The Balaban J connectivity index is 1.58. The average molecular weight is 292 g/mol. The number of thiazole rings is 1. The lowest BCUT2D eigenvalue weighted by atomic mass is 9.97. The normalized spacial score (nSPS) is 16.8. The summed E-state index contributed by atoms with van der Waals surface area (Å²) in [7, 11) is 0. The number of aromatic nitrogens is 4. The molecule has 3 heterocycles. The third-order valence-corrected chi connectivity index (χ3v) is 4.50. The molecule has 1 aliphatic rings. The van der Waals surface area contributed by atoms with Gasteiger partial charge in [0.05, 0.1) is 10.4 Å². The van der Waals surface area contributed by atoms with Crippen molar-refractivity contribution >= 4 is 17.3 Å². The molecule has 0 saturated carbocycles. The Morgan fingerprint density at radius 3 is 3.00 bits per heavy atom. The molecule has 108 valence electrons. The first-order chi connectivity index (χ1) is 9.86. The number of H-pyrrole nitrogens is 1. The maximum Gasteiger partial charge on any atom is 0.245 e. The van der Waals surface area contributed by atoms with Crippen molar-refractivity contribution < 1.29 is 0 Å². The van der Waals surface area contributed by atoms with E-state index >= 15 is 0 Å². The van der Waals surface area contributed by atoms with E-state index < -0.39 is 0 Å². The second-order valence-corrected chi connectivity index (χ2v) is 5.97. The molecule has 0 spiro atoms. The number of hydrogen-bond acceptors (Lipinski definition) is 6. The van der Waals surface area contributed by atoms with Gasteiger partial charge in [-0.1, -0.05) is 6.92 Å². The number of rotatable bonds is 5. The molecule has 2 aromatic heterocycles. The van der Waals surface area contributed by atoms with Gasteiger partial charge in [-0.3, -0.25) is 10.1 Å². The maximum atomic E-state index is 4.58. The van der Waals surface area contributed by atoms with E-state index in [1.807, 2.05) is 11.7 Å². The van der Waals surface area contributed by atoms with Crippen LogP contribution in [-0.4, -0.2) is 46.3 Å². The third kappa shape index (κ3) is 2.99. The van der Waals surface area contributed by atoms with Crippen LogP contribution in [0.2, 0.25) is 0 Å². The van der Waals surface area contributed by atoms with Crippen molar-refractivity contribution in [2.75, 3.05) is 31.1 Å². The van der Waals surface area contributed by atoms with E-state index in [4.69, 9.17) is 0 Å². The predicted octanol–water partition coefficient (Wildman–Crippen LogP) is 1.75. The minimum atomic E-state index is 0.783. The Labute approximate surface area is 122 Å². The van der Waals surface area contributed by atoms with E-state index in [1.54, 1.807) is 11.3 Å². The summed E-state index contributed by atoms with van der Waals surface area (Å²) in [5.41, 5.74) is 1.81. The minimum Gasteiger partial charge on any atom is -0.340 e. The average Bonchev–Trinajstić information content (AvgIpc) is 3.16. The van der Waals surface area contributed by atoms with Crippen LogP contribution >= 0.6 is 11.3 Å². The van der Waals surface area contributed by atoms with Crippen LogP contribution in [0.4, 0.5) is 5.95 Å². The lowest BCUT2D eigenvalue weighted by Gasteiger charge is -2.31. The van der Waals surface area contributed by atoms with Gasteiger partial charge in [0.2, 0.25) is 5.95 Å². The molecular weight excluding hydrogens is 272 g/mol. The van der Waals surface area contributed by atoms with Crippen LogP contribution in [0.3, 0.4) is 0 Å². The lowest BCUT2D eigenvalue weighted by Crippen LogP contribution is -2.37. The fourth-order valence-electron chi connectivity index (χ4n) is 2.52. The van der Waals surface area contributed by atoms with Gasteiger partial charge in [0.15, 0.2) is 5.82 Å². The Kier molecular flexibility index (Phi) is 4.27. The molecule has 0 amide bonds. The summed E-state index contributed by atoms with van der Waals surface area (Å²) in [5, 5.41) is 10.8. The zero-order valence-corrected chi connectivity index (χ0v) is 12.5. The van der Waals surface area contributed by atoms with Gasteiger partial charge in [0, 0.05) is 19.3 Å². The van der Waals surface area contributed by atoms with Gasteiger partial charge in [-0.2, -0.15) is 4.98 Å². The maximum absolute atomic E-state index is 4.58. The van der Waals surface area contributed by atoms with Crippen LogP contribution in [0.5, 0.6) is 0 Å². The van der Waals surface area contributed by atoms with Gasteiger partial charge in [-0.25, -0.2) is 0 Å².